The minimum Gasteiger partial charge on any atom is -0.504 e. The number of rotatable bonds is 5. The number of piperidine rings is 1. The van der Waals surface area contributed by atoms with Crippen LogP contribution in [-0.4, -0.2) is 42.8 Å². The third-order valence-corrected chi connectivity index (χ3v) is 3.79. The number of nitrogens with one attached hydrogen (secondary N) is 1. The lowest BCUT2D eigenvalue weighted by atomic mass is 10.1. The molecule has 0 saturated carbocycles. The van der Waals surface area contributed by atoms with Crippen molar-refractivity contribution >= 4 is 0 Å². The van der Waals surface area contributed by atoms with E-state index in [1.165, 1.54) is 19.4 Å². The second-order valence-electron chi connectivity index (χ2n) is 5.12. The number of hydrogen-bond donors (Lipinski definition) is 2. The number of nitrogens with zero attached hydrogens (tertiary/aromatic N) is 1. The van der Waals surface area contributed by atoms with Crippen molar-refractivity contribution in [1.29, 1.82) is 0 Å². The molecule has 1 fully saturated rings. The molecular formula is C15H24N2O2. The van der Waals surface area contributed by atoms with E-state index in [1.807, 2.05) is 12.1 Å². The SMILES string of the molecule is CCN1CCCC(NCc2ccc(OC)c(O)c2)C1. The molecule has 1 aliphatic heterocycles. The van der Waals surface area contributed by atoms with Gasteiger partial charge in [0.2, 0.25) is 0 Å². The maximum Gasteiger partial charge on any atom is 0.160 e. The van der Waals surface area contributed by atoms with E-state index in [2.05, 4.69) is 17.1 Å². The molecule has 2 N–H and O–H groups in total. The molecule has 0 radical (unpaired) electrons. The minimum atomic E-state index is 0.209. The van der Waals surface area contributed by atoms with Gasteiger partial charge in [0.25, 0.3) is 0 Å². The van der Waals surface area contributed by atoms with Gasteiger partial charge in [0.1, 0.15) is 0 Å². The summed E-state index contributed by atoms with van der Waals surface area (Å²) in [6.07, 6.45) is 2.50. The highest BCUT2D eigenvalue weighted by molar-refractivity contribution is 5.41. The summed E-state index contributed by atoms with van der Waals surface area (Å²) < 4.78 is 5.05. The average Bonchev–Trinajstić information content (AvgIpc) is 2.45. The summed E-state index contributed by atoms with van der Waals surface area (Å²) in [6.45, 7) is 6.47. The first kappa shape index (κ1) is 14.2. The lowest BCUT2D eigenvalue weighted by molar-refractivity contribution is 0.198. The van der Waals surface area contributed by atoms with E-state index in [1.54, 1.807) is 13.2 Å². The molecule has 1 atom stereocenters. The molecule has 0 spiro atoms. The Hall–Kier alpha value is -1.26. The molecule has 1 aliphatic rings. The monoisotopic (exact) mass is 264 g/mol. The number of ether oxygens (including phenoxy) is 1. The van der Waals surface area contributed by atoms with E-state index < -0.39 is 0 Å². The van der Waals surface area contributed by atoms with Crippen LogP contribution in [-0.2, 0) is 6.54 Å². The van der Waals surface area contributed by atoms with Gasteiger partial charge in [-0.15, -0.1) is 0 Å². The number of aromatic hydroxyl groups is 1. The Morgan fingerprint density at radius 1 is 1.47 bits per heavy atom. The van der Waals surface area contributed by atoms with Crippen LogP contribution in [0.25, 0.3) is 0 Å². The van der Waals surface area contributed by atoms with E-state index in [0.29, 0.717) is 11.8 Å². The van der Waals surface area contributed by atoms with E-state index in [-0.39, 0.29) is 5.75 Å². The molecule has 0 aliphatic carbocycles. The van der Waals surface area contributed by atoms with E-state index in [9.17, 15) is 5.11 Å². The van der Waals surface area contributed by atoms with Gasteiger partial charge in [-0.3, -0.25) is 0 Å². The summed E-state index contributed by atoms with van der Waals surface area (Å²) in [5, 5.41) is 13.3. The molecule has 1 unspecified atom stereocenters. The van der Waals surface area contributed by atoms with Crippen molar-refractivity contribution in [2.75, 3.05) is 26.7 Å². The molecule has 2 rings (SSSR count). The Balaban J connectivity index is 1.86. The molecule has 0 bridgehead atoms. The smallest absolute Gasteiger partial charge is 0.160 e. The Morgan fingerprint density at radius 3 is 3.00 bits per heavy atom. The van der Waals surface area contributed by atoms with E-state index in [4.69, 9.17) is 4.74 Å². The van der Waals surface area contributed by atoms with Crippen LogP contribution < -0.4 is 10.1 Å². The second-order valence-corrected chi connectivity index (χ2v) is 5.12. The van der Waals surface area contributed by atoms with Crippen LogP contribution in [0.3, 0.4) is 0 Å². The Morgan fingerprint density at radius 2 is 2.32 bits per heavy atom. The third kappa shape index (κ3) is 3.85. The maximum atomic E-state index is 9.75. The minimum absolute atomic E-state index is 0.209. The quantitative estimate of drug-likeness (QED) is 0.853. The first-order valence-corrected chi connectivity index (χ1v) is 7.04. The fraction of sp³-hybridized carbons (Fsp3) is 0.600. The van der Waals surface area contributed by atoms with Gasteiger partial charge in [-0.2, -0.15) is 0 Å². The van der Waals surface area contributed by atoms with Crippen molar-refractivity contribution in [3.8, 4) is 11.5 Å². The van der Waals surface area contributed by atoms with Crippen LogP contribution in [0.1, 0.15) is 25.3 Å². The molecule has 1 aromatic carbocycles. The Bertz CT molecular complexity index is 409. The molecule has 106 valence electrons. The van der Waals surface area contributed by atoms with Gasteiger partial charge in [0.05, 0.1) is 7.11 Å². The van der Waals surface area contributed by atoms with Crippen molar-refractivity contribution < 1.29 is 9.84 Å². The molecule has 1 aromatic rings. The predicted molar refractivity (Wildman–Crippen MR) is 76.6 cm³/mol. The van der Waals surface area contributed by atoms with Crippen LogP contribution in [0.15, 0.2) is 18.2 Å². The molecule has 4 heteroatoms. The second kappa shape index (κ2) is 6.78. The molecule has 0 aromatic heterocycles. The van der Waals surface area contributed by atoms with Crippen molar-refractivity contribution in [2.24, 2.45) is 0 Å². The van der Waals surface area contributed by atoms with E-state index >= 15 is 0 Å². The van der Waals surface area contributed by atoms with Crippen LogP contribution in [0.4, 0.5) is 0 Å². The zero-order valence-corrected chi connectivity index (χ0v) is 11.9. The molecule has 19 heavy (non-hydrogen) atoms. The number of likely N-dealkylation sites (N-methyl/N-ethyl adjacent to an activating group) is 1. The van der Waals surface area contributed by atoms with Crippen molar-refractivity contribution in [3.05, 3.63) is 23.8 Å². The van der Waals surface area contributed by atoms with Gasteiger partial charge >= 0.3 is 0 Å². The molecular weight excluding hydrogens is 240 g/mol. The highest BCUT2D eigenvalue weighted by Gasteiger charge is 2.17. The van der Waals surface area contributed by atoms with Gasteiger partial charge in [-0.1, -0.05) is 13.0 Å². The van der Waals surface area contributed by atoms with Crippen LogP contribution in [0, 0.1) is 0 Å². The molecule has 1 heterocycles. The fourth-order valence-electron chi connectivity index (χ4n) is 2.62. The van der Waals surface area contributed by atoms with Crippen molar-refractivity contribution in [2.45, 2.75) is 32.4 Å². The van der Waals surface area contributed by atoms with Gasteiger partial charge in [0.15, 0.2) is 11.5 Å². The van der Waals surface area contributed by atoms with Gasteiger partial charge in [-0.05, 0) is 43.6 Å². The number of phenolic OH excluding ortho intramolecular Hbond substituents is 1. The van der Waals surface area contributed by atoms with Gasteiger partial charge < -0.3 is 20.1 Å². The van der Waals surface area contributed by atoms with Crippen molar-refractivity contribution in [1.82, 2.24) is 10.2 Å². The summed E-state index contributed by atoms with van der Waals surface area (Å²) in [5.74, 6) is 0.735. The van der Waals surface area contributed by atoms with Gasteiger partial charge in [-0.25, -0.2) is 0 Å². The highest BCUT2D eigenvalue weighted by atomic mass is 16.5. The average molecular weight is 264 g/mol. The molecule has 4 nitrogen and oxygen atoms in total. The zero-order chi connectivity index (χ0) is 13.7. The van der Waals surface area contributed by atoms with Crippen LogP contribution in [0.2, 0.25) is 0 Å². The largest absolute Gasteiger partial charge is 0.504 e. The normalized spacial score (nSPS) is 20.4. The van der Waals surface area contributed by atoms with Crippen LogP contribution >= 0.6 is 0 Å². The number of likely N-dealkylation sites (tertiary alicyclic amines) is 1. The van der Waals surface area contributed by atoms with Gasteiger partial charge in [0, 0.05) is 19.1 Å². The number of phenols is 1. The maximum absolute atomic E-state index is 9.75. The topological polar surface area (TPSA) is 44.7 Å². The summed E-state index contributed by atoms with van der Waals surface area (Å²) in [4.78, 5) is 2.48. The standard InChI is InChI=1S/C15H24N2O2/c1-3-17-8-4-5-13(11-17)16-10-12-6-7-15(19-2)14(18)9-12/h6-7,9,13,16,18H,3-5,8,10-11H2,1-2H3. The summed E-state index contributed by atoms with van der Waals surface area (Å²) in [6, 6.07) is 6.13. The third-order valence-electron chi connectivity index (χ3n) is 3.79. The highest BCUT2D eigenvalue weighted by Crippen LogP contribution is 2.26. The molecule has 0 amide bonds. The summed E-state index contributed by atoms with van der Waals surface area (Å²) >= 11 is 0. The fourth-order valence-corrected chi connectivity index (χ4v) is 2.62. The summed E-state index contributed by atoms with van der Waals surface area (Å²) in [5.41, 5.74) is 1.09. The van der Waals surface area contributed by atoms with Crippen molar-refractivity contribution in [3.63, 3.8) is 0 Å². The number of benzene rings is 1. The first-order valence-electron chi connectivity index (χ1n) is 7.04. The zero-order valence-electron chi connectivity index (χ0n) is 11.9. The van der Waals surface area contributed by atoms with E-state index in [0.717, 1.165) is 25.2 Å². The molecule has 1 saturated heterocycles. The summed E-state index contributed by atoms with van der Waals surface area (Å²) in [7, 11) is 1.56. The Labute approximate surface area is 115 Å². The number of hydrogen-bond acceptors (Lipinski definition) is 4. The number of methoxy groups -OCH3 is 1. The lowest BCUT2D eigenvalue weighted by Crippen LogP contribution is -2.45. The lowest BCUT2D eigenvalue weighted by Gasteiger charge is -2.32. The van der Waals surface area contributed by atoms with Crippen LogP contribution in [0.5, 0.6) is 11.5 Å². The first-order chi connectivity index (χ1) is 9.22. The predicted octanol–water partition coefficient (Wildman–Crippen LogP) is 1.97. The Kier molecular flexibility index (Phi) is 5.05.